The molecule has 1 aliphatic carbocycles. The fourth-order valence-electron chi connectivity index (χ4n) is 6.29. The van der Waals surface area contributed by atoms with E-state index in [1.165, 1.54) is 12.1 Å². The minimum Gasteiger partial charge on any atom is -0.457 e. The van der Waals surface area contributed by atoms with Gasteiger partial charge in [0.2, 0.25) is 6.86 Å². The summed E-state index contributed by atoms with van der Waals surface area (Å²) in [6, 6.07) is 4.76. The number of halogens is 12. The van der Waals surface area contributed by atoms with Gasteiger partial charge in [0.1, 0.15) is 51.7 Å². The Bertz CT molecular complexity index is 1820. The van der Waals surface area contributed by atoms with Gasteiger partial charge in [0.05, 0.1) is 0 Å². The maximum atomic E-state index is 15.2. The molecule has 0 saturated heterocycles. The lowest BCUT2D eigenvalue weighted by Gasteiger charge is -2.28. The molecule has 0 atom stereocenters. The van der Waals surface area contributed by atoms with Crippen molar-refractivity contribution in [3.63, 3.8) is 0 Å². The van der Waals surface area contributed by atoms with Crippen molar-refractivity contribution in [2.45, 2.75) is 63.6 Å². The van der Waals surface area contributed by atoms with E-state index in [0.717, 1.165) is 38.5 Å². The molecule has 0 unspecified atom stereocenters. The molecule has 0 aromatic heterocycles. The molecule has 5 rings (SSSR count). The highest BCUT2D eigenvalue weighted by atomic mass is 19.3. The average molecular weight is 737 g/mol. The fraction of sp³-hybridized carbons (Fsp3) is 0.333. The zero-order valence-electron chi connectivity index (χ0n) is 26.6. The van der Waals surface area contributed by atoms with Crippen LogP contribution in [0.2, 0.25) is 0 Å². The number of alkyl halides is 5. The van der Waals surface area contributed by atoms with Crippen LogP contribution in [-0.2, 0) is 12.2 Å². The van der Waals surface area contributed by atoms with Crippen molar-refractivity contribution in [2.24, 2.45) is 5.92 Å². The van der Waals surface area contributed by atoms with E-state index in [1.807, 2.05) is 0 Å². The first kappa shape index (κ1) is 37.7. The van der Waals surface area contributed by atoms with Crippen LogP contribution in [0.3, 0.4) is 0 Å². The molecule has 15 heteroatoms. The first-order chi connectivity index (χ1) is 24.0. The second kappa shape index (κ2) is 15.0. The lowest BCUT2D eigenvalue weighted by atomic mass is 9.77. The predicted molar refractivity (Wildman–Crippen MR) is 160 cm³/mol. The van der Waals surface area contributed by atoms with E-state index in [-0.39, 0.29) is 35.7 Å². The summed E-state index contributed by atoms with van der Waals surface area (Å²) in [5.74, 6) is -16.1. The van der Waals surface area contributed by atoms with Crippen LogP contribution < -0.4 is 14.2 Å². The highest BCUT2D eigenvalue weighted by molar-refractivity contribution is 5.65. The molecule has 0 aliphatic heterocycles. The molecule has 51 heavy (non-hydrogen) atoms. The predicted octanol–water partition coefficient (Wildman–Crippen LogP) is 12.0. The molecule has 0 heterocycles. The summed E-state index contributed by atoms with van der Waals surface area (Å²) in [6.45, 7) is 0.418. The van der Waals surface area contributed by atoms with E-state index in [2.05, 4.69) is 21.1 Å². The van der Waals surface area contributed by atoms with E-state index < -0.39 is 93.7 Å². The summed E-state index contributed by atoms with van der Waals surface area (Å²) >= 11 is 0. The summed E-state index contributed by atoms with van der Waals surface area (Å²) in [6.07, 6.45) is -4.19. The first-order valence-electron chi connectivity index (χ1n) is 15.6. The van der Waals surface area contributed by atoms with Crippen LogP contribution in [0.25, 0.3) is 11.1 Å². The van der Waals surface area contributed by atoms with E-state index in [0.29, 0.717) is 23.6 Å². The Morgan fingerprint density at radius 1 is 0.608 bits per heavy atom. The van der Waals surface area contributed by atoms with E-state index in [4.69, 9.17) is 0 Å². The Morgan fingerprint density at radius 2 is 1.08 bits per heavy atom. The lowest BCUT2D eigenvalue weighted by molar-refractivity contribution is -0.191. The Labute approximate surface area is 283 Å². The zero-order valence-corrected chi connectivity index (χ0v) is 26.6. The SMILES string of the molecule is CCCC1CCC(c2ccc(-c3cc(F)c(C(F)(F)Oc4cc(F)c(C(F)(F)Oc5cc(F)c(OCF)c(F)c5)c(F)c4)c(F)c3)c(F)c2)CC1. The van der Waals surface area contributed by atoms with Crippen molar-refractivity contribution in [1.82, 2.24) is 0 Å². The van der Waals surface area contributed by atoms with Crippen molar-refractivity contribution >= 4 is 0 Å². The van der Waals surface area contributed by atoms with Gasteiger partial charge in [-0.05, 0) is 66.8 Å². The Balaban J connectivity index is 1.34. The summed E-state index contributed by atoms with van der Waals surface area (Å²) in [5, 5.41) is 0. The van der Waals surface area contributed by atoms with Crippen molar-refractivity contribution in [1.29, 1.82) is 0 Å². The highest BCUT2D eigenvalue weighted by Crippen LogP contribution is 2.43. The fourth-order valence-corrected chi connectivity index (χ4v) is 6.29. The molecule has 1 saturated carbocycles. The zero-order chi connectivity index (χ0) is 37.2. The van der Waals surface area contributed by atoms with Crippen LogP contribution in [0, 0.1) is 46.6 Å². The van der Waals surface area contributed by atoms with Crippen molar-refractivity contribution in [3.8, 4) is 28.4 Å². The van der Waals surface area contributed by atoms with Gasteiger partial charge in [-0.2, -0.15) is 17.6 Å². The van der Waals surface area contributed by atoms with Crippen LogP contribution >= 0.6 is 0 Å². The Hall–Kier alpha value is -4.56. The number of hydrogen-bond donors (Lipinski definition) is 0. The molecule has 1 fully saturated rings. The van der Waals surface area contributed by atoms with Crippen molar-refractivity contribution < 1.29 is 66.9 Å². The summed E-state index contributed by atoms with van der Waals surface area (Å²) in [4.78, 5) is 0. The molecule has 3 nitrogen and oxygen atoms in total. The molecule has 274 valence electrons. The minimum atomic E-state index is -5.04. The van der Waals surface area contributed by atoms with Crippen LogP contribution in [-0.4, -0.2) is 6.86 Å². The van der Waals surface area contributed by atoms with Gasteiger partial charge in [-0.3, -0.25) is 0 Å². The van der Waals surface area contributed by atoms with E-state index >= 15 is 22.0 Å². The molecule has 4 aromatic rings. The third-order valence-electron chi connectivity index (χ3n) is 8.62. The normalized spacial score (nSPS) is 16.6. The Kier molecular flexibility index (Phi) is 11.1. The average Bonchev–Trinajstić information content (AvgIpc) is 3.02. The van der Waals surface area contributed by atoms with Gasteiger partial charge in [0, 0.05) is 29.8 Å². The van der Waals surface area contributed by atoms with Gasteiger partial charge >= 0.3 is 12.2 Å². The van der Waals surface area contributed by atoms with Crippen LogP contribution in [0.1, 0.15) is 68.1 Å². The van der Waals surface area contributed by atoms with E-state index in [9.17, 15) is 30.7 Å². The molecule has 1 aliphatic rings. The van der Waals surface area contributed by atoms with Crippen molar-refractivity contribution in [3.05, 3.63) is 112 Å². The first-order valence-corrected chi connectivity index (χ1v) is 15.6. The molecule has 0 bridgehead atoms. The monoisotopic (exact) mass is 736 g/mol. The molecular weight excluding hydrogens is 708 g/mol. The van der Waals surface area contributed by atoms with Crippen LogP contribution in [0.15, 0.2) is 54.6 Å². The molecule has 0 N–H and O–H groups in total. The maximum Gasteiger partial charge on any atom is 0.432 e. The third kappa shape index (κ3) is 8.17. The smallest absolute Gasteiger partial charge is 0.432 e. The summed E-state index contributed by atoms with van der Waals surface area (Å²) in [7, 11) is 0. The number of hydrogen-bond acceptors (Lipinski definition) is 3. The second-order valence-electron chi connectivity index (χ2n) is 12.0. The van der Waals surface area contributed by atoms with Crippen molar-refractivity contribution in [2.75, 3.05) is 6.86 Å². The number of benzene rings is 4. The van der Waals surface area contributed by atoms with E-state index in [1.54, 1.807) is 6.07 Å². The lowest BCUT2D eigenvalue weighted by Crippen LogP contribution is -2.27. The molecule has 0 spiro atoms. The van der Waals surface area contributed by atoms with Crippen LogP contribution in [0.4, 0.5) is 52.7 Å². The van der Waals surface area contributed by atoms with Gasteiger partial charge in [-0.15, -0.1) is 0 Å². The molecule has 0 amide bonds. The standard InChI is InChI=1S/C36H28F12O3/c1-2-3-18-4-6-19(7-5-18)20-8-9-24(25(38)10-20)21-11-26(39)32(27(40)12-21)35(45,46)50-22-13-28(41)33(29(42)14-22)36(47,48)51-23-15-30(43)34(49-17-37)31(44)16-23/h8-16,18-19H,2-7,17H2,1H3. The molecule has 4 aromatic carbocycles. The minimum absolute atomic E-state index is 0.0898. The highest BCUT2D eigenvalue weighted by Gasteiger charge is 2.44. The van der Waals surface area contributed by atoms with Gasteiger partial charge in [0.25, 0.3) is 0 Å². The topological polar surface area (TPSA) is 27.7 Å². The molecule has 0 radical (unpaired) electrons. The summed E-state index contributed by atoms with van der Waals surface area (Å²) in [5.41, 5.74) is -4.28. The molecular formula is C36H28F12O3. The largest absolute Gasteiger partial charge is 0.457 e. The number of ether oxygens (including phenoxy) is 3. The Morgan fingerprint density at radius 3 is 1.53 bits per heavy atom. The van der Waals surface area contributed by atoms with Crippen LogP contribution in [0.5, 0.6) is 17.2 Å². The van der Waals surface area contributed by atoms with Gasteiger partial charge in [-0.1, -0.05) is 31.9 Å². The third-order valence-corrected chi connectivity index (χ3v) is 8.62. The van der Waals surface area contributed by atoms with Gasteiger partial charge in [-0.25, -0.2) is 35.1 Å². The maximum absolute atomic E-state index is 15.2. The quantitative estimate of drug-likeness (QED) is 0.136. The number of rotatable bonds is 12. The van der Waals surface area contributed by atoms with Gasteiger partial charge in [0.15, 0.2) is 17.4 Å². The second-order valence-corrected chi connectivity index (χ2v) is 12.0. The summed E-state index contributed by atoms with van der Waals surface area (Å²) < 4.78 is 187. The van der Waals surface area contributed by atoms with Gasteiger partial charge < -0.3 is 14.2 Å².